The molecule has 0 aliphatic heterocycles. The maximum absolute atomic E-state index is 15.4. The van der Waals surface area contributed by atoms with Crippen molar-refractivity contribution in [1.29, 1.82) is 0 Å². The van der Waals surface area contributed by atoms with Crippen molar-refractivity contribution in [1.82, 2.24) is 0 Å². The Morgan fingerprint density at radius 2 is 0.565 bits per heavy atom. The van der Waals surface area contributed by atoms with Crippen molar-refractivity contribution < 1.29 is 92.4 Å². The molecule has 1 aromatic heterocycles. The number of hydrogen-bond donors (Lipinski definition) is 0. The summed E-state index contributed by atoms with van der Waals surface area (Å²) in [7, 11) is 0. The first-order valence-electron chi connectivity index (χ1n) is 17.0. The van der Waals surface area contributed by atoms with Crippen molar-refractivity contribution in [2.45, 2.75) is 32.7 Å². The van der Waals surface area contributed by atoms with Gasteiger partial charge in [0, 0.05) is 17.7 Å². The quantitative estimate of drug-likeness (QED) is 0.0517. The highest BCUT2D eigenvalue weighted by molar-refractivity contribution is 7.20. The van der Waals surface area contributed by atoms with Gasteiger partial charge in [-0.1, -0.05) is 51.1 Å². The van der Waals surface area contributed by atoms with Crippen molar-refractivity contribution in [3.63, 3.8) is 0 Å². The van der Waals surface area contributed by atoms with E-state index in [1.54, 1.807) is 0 Å². The molecule has 5 aromatic carbocycles. The van der Waals surface area contributed by atoms with Gasteiger partial charge < -0.3 is 0 Å². The molecule has 62 heavy (non-hydrogen) atoms. The van der Waals surface area contributed by atoms with Crippen LogP contribution in [0, 0.1) is 116 Å². The second kappa shape index (κ2) is 17.0. The molecule has 1 heterocycles. The standard InChI is InChI=1S/C24BF20.C16H20N/c26-5-1(6(27)14(35)21(42)13(5)34)25(2-7(28)15(36)22(43)16(37)8(2)29,3-9(30)17(38)23(44)18(39)10(3)31)4-11(32)19(40)24(45)20(41)12(4)33;1-16(2,3)15-9-11-17(12-10-15)13-14-7-5-4-6-8-14/h;4-12H,13H2,1-3H3/q-1;+1. The summed E-state index contributed by atoms with van der Waals surface area (Å²) in [5.41, 5.74) is -11.4. The van der Waals surface area contributed by atoms with E-state index in [0.29, 0.717) is 0 Å². The molecule has 0 saturated carbocycles. The Balaban J connectivity index is 0.000000355. The number of rotatable bonds is 6. The predicted octanol–water partition coefficient (Wildman–Crippen LogP) is 9.17. The van der Waals surface area contributed by atoms with Crippen molar-refractivity contribution in [2.75, 3.05) is 0 Å². The molecular weight excluding hydrogens is 885 g/mol. The summed E-state index contributed by atoms with van der Waals surface area (Å²) in [4.78, 5) is 0. The molecule has 0 aliphatic carbocycles. The zero-order valence-electron chi connectivity index (χ0n) is 31.0. The number of pyridine rings is 1. The Morgan fingerprint density at radius 1 is 0.339 bits per heavy atom. The Bertz CT molecular complexity index is 2350. The lowest BCUT2D eigenvalue weighted by molar-refractivity contribution is -0.688. The van der Waals surface area contributed by atoms with Crippen molar-refractivity contribution in [2.24, 2.45) is 0 Å². The minimum Gasteiger partial charge on any atom is -0.207 e. The maximum atomic E-state index is 15.4. The van der Waals surface area contributed by atoms with Crippen LogP contribution in [0.5, 0.6) is 0 Å². The highest BCUT2D eigenvalue weighted by Crippen LogP contribution is 2.31. The van der Waals surface area contributed by atoms with Gasteiger partial charge in [0.2, 0.25) is 0 Å². The maximum Gasteiger partial charge on any atom is 0.200 e. The van der Waals surface area contributed by atoms with Crippen LogP contribution in [0.15, 0.2) is 54.9 Å². The Hall–Kier alpha value is -6.09. The van der Waals surface area contributed by atoms with Gasteiger partial charge in [0.05, 0.1) is 0 Å². The average molecular weight is 905 g/mol. The molecule has 0 spiro atoms. The minimum absolute atomic E-state index is 0.228. The molecule has 0 aliphatic rings. The zero-order valence-corrected chi connectivity index (χ0v) is 31.0. The highest BCUT2D eigenvalue weighted by Gasteiger charge is 2.52. The van der Waals surface area contributed by atoms with Gasteiger partial charge in [0.15, 0.2) is 88.7 Å². The monoisotopic (exact) mass is 905 g/mol. The van der Waals surface area contributed by atoms with Gasteiger partial charge in [0.25, 0.3) is 0 Å². The van der Waals surface area contributed by atoms with Crippen molar-refractivity contribution in [3.8, 4) is 0 Å². The van der Waals surface area contributed by atoms with E-state index in [4.69, 9.17) is 0 Å². The zero-order chi connectivity index (χ0) is 46.7. The molecule has 0 atom stereocenters. The summed E-state index contributed by atoms with van der Waals surface area (Å²) in [5.74, 6) is -71.4. The summed E-state index contributed by atoms with van der Waals surface area (Å²) in [6.07, 6.45) is -2.90. The molecule has 0 saturated heterocycles. The lowest BCUT2D eigenvalue weighted by atomic mass is 9.12. The van der Waals surface area contributed by atoms with Crippen molar-refractivity contribution in [3.05, 3.63) is 182 Å². The van der Waals surface area contributed by atoms with Crippen LogP contribution < -0.4 is 26.4 Å². The van der Waals surface area contributed by atoms with Crippen LogP contribution >= 0.6 is 0 Å². The number of nitrogens with zero attached hydrogens (tertiary/aromatic N) is 1. The normalized spacial score (nSPS) is 11.9. The van der Waals surface area contributed by atoms with E-state index in [9.17, 15) is 52.7 Å². The SMILES string of the molecule is CC(C)(C)c1cc[n+](Cc2ccccc2)cc1.Fc1c(F)c(F)c([B-](c2c(F)c(F)c(F)c(F)c2F)(c2c(F)c(F)c(F)c(F)c2F)c2c(F)c(F)c(F)c(F)c2F)c(F)c1F. The molecule has 0 amide bonds. The van der Waals surface area contributed by atoms with Gasteiger partial charge in [0.1, 0.15) is 52.7 Å². The number of halogens is 20. The molecule has 0 radical (unpaired) electrons. The number of aromatic nitrogens is 1. The first-order chi connectivity index (χ1) is 28.8. The van der Waals surface area contributed by atoms with E-state index in [1.807, 2.05) is 0 Å². The molecule has 1 nitrogen and oxygen atoms in total. The fourth-order valence-electron chi connectivity index (χ4n) is 6.73. The highest BCUT2D eigenvalue weighted by atomic mass is 19.2. The summed E-state index contributed by atoms with van der Waals surface area (Å²) >= 11 is 0. The van der Waals surface area contributed by atoms with Crippen LogP contribution in [0.3, 0.4) is 0 Å². The lowest BCUT2D eigenvalue weighted by Gasteiger charge is -2.44. The fourth-order valence-corrected chi connectivity index (χ4v) is 6.73. The topological polar surface area (TPSA) is 3.88 Å². The second-order valence-corrected chi connectivity index (χ2v) is 14.3. The number of benzene rings is 5. The molecule has 6 aromatic rings. The molecule has 22 heteroatoms. The molecule has 6 rings (SSSR count). The third-order valence-electron chi connectivity index (χ3n) is 9.67. The Kier molecular flexibility index (Phi) is 12.9. The van der Waals surface area contributed by atoms with E-state index in [2.05, 4.69) is 80.2 Å². The fraction of sp³-hybridized carbons (Fsp3) is 0.125. The smallest absolute Gasteiger partial charge is 0.200 e. The van der Waals surface area contributed by atoms with E-state index in [1.165, 1.54) is 11.1 Å². The molecule has 0 N–H and O–H groups in total. The summed E-state index contributed by atoms with van der Waals surface area (Å²) < 4.78 is 296. The van der Waals surface area contributed by atoms with E-state index < -0.39 is 144 Å². The van der Waals surface area contributed by atoms with Crippen LogP contribution in [0.25, 0.3) is 0 Å². The van der Waals surface area contributed by atoms with Crippen LogP contribution in [-0.2, 0) is 12.0 Å². The molecule has 328 valence electrons. The van der Waals surface area contributed by atoms with Gasteiger partial charge >= 0.3 is 0 Å². The number of hydrogen-bond acceptors (Lipinski definition) is 0. The van der Waals surface area contributed by atoms with Gasteiger partial charge in [-0.2, -0.15) is 0 Å². The molecular formula is C40H20BF20N. The van der Waals surface area contributed by atoms with Gasteiger partial charge in [-0.05, 0) is 11.0 Å². The Morgan fingerprint density at radius 3 is 0.790 bits per heavy atom. The molecule has 0 bridgehead atoms. The second-order valence-electron chi connectivity index (χ2n) is 14.3. The third kappa shape index (κ3) is 7.50. The van der Waals surface area contributed by atoms with Gasteiger partial charge in [-0.3, -0.25) is 0 Å². The predicted molar refractivity (Wildman–Crippen MR) is 180 cm³/mol. The summed E-state index contributed by atoms with van der Waals surface area (Å²) in [6, 6.07) is 15.0. The average Bonchev–Trinajstić information content (AvgIpc) is 3.24. The summed E-state index contributed by atoms with van der Waals surface area (Å²) in [5, 5.41) is 0. The molecule has 0 unspecified atom stereocenters. The van der Waals surface area contributed by atoms with Crippen LogP contribution in [-0.4, -0.2) is 6.15 Å². The molecule has 0 fully saturated rings. The van der Waals surface area contributed by atoms with Gasteiger partial charge in [-0.25, -0.2) is 92.4 Å². The van der Waals surface area contributed by atoms with Crippen LogP contribution in [0.1, 0.15) is 31.9 Å². The third-order valence-corrected chi connectivity index (χ3v) is 9.67. The first kappa shape index (κ1) is 47.0. The van der Waals surface area contributed by atoms with Crippen molar-refractivity contribution >= 4 is 28.0 Å². The first-order valence-corrected chi connectivity index (χ1v) is 17.0. The Labute approximate surface area is 335 Å². The van der Waals surface area contributed by atoms with E-state index >= 15 is 35.1 Å². The van der Waals surface area contributed by atoms with Crippen LogP contribution in [0.4, 0.5) is 87.8 Å². The summed E-state index contributed by atoms with van der Waals surface area (Å²) in [6.45, 7) is 7.66. The van der Waals surface area contributed by atoms with E-state index in [0.717, 1.165) is 6.54 Å². The largest absolute Gasteiger partial charge is 0.207 e. The van der Waals surface area contributed by atoms with Gasteiger partial charge in [-0.15, -0.1) is 21.9 Å². The lowest BCUT2D eigenvalue weighted by Crippen LogP contribution is -2.81. The van der Waals surface area contributed by atoms with E-state index in [-0.39, 0.29) is 5.41 Å². The minimum atomic E-state index is -7.22. The van der Waals surface area contributed by atoms with Crippen LogP contribution in [0.2, 0.25) is 0 Å².